The molecule has 0 aliphatic carbocycles. The van der Waals surface area contributed by atoms with Gasteiger partial charge in [-0.3, -0.25) is 0 Å². The molecule has 0 amide bonds. The molecule has 1 heterocycles. The summed E-state index contributed by atoms with van der Waals surface area (Å²) in [5.74, 6) is -0.306. The fraction of sp³-hybridized carbons (Fsp3) is 0.231. The van der Waals surface area contributed by atoms with Gasteiger partial charge in [-0.25, -0.2) is 4.39 Å². The Kier molecular flexibility index (Phi) is 4.15. The molecule has 2 rings (SSSR count). The van der Waals surface area contributed by atoms with E-state index in [2.05, 4.69) is 16.8 Å². The molecule has 1 N–H and O–H groups in total. The Labute approximate surface area is 109 Å². The molecule has 0 bridgehead atoms. The molecule has 0 saturated heterocycles. The Bertz CT molecular complexity index is 484. The lowest BCUT2D eigenvalue weighted by Gasteiger charge is -2.18. The fourth-order valence-electron chi connectivity index (χ4n) is 1.79. The minimum absolute atomic E-state index is 0.0272. The highest BCUT2D eigenvalue weighted by Crippen LogP contribution is 2.29. The fourth-order valence-corrected chi connectivity index (χ4v) is 2.75. The number of halogens is 2. The van der Waals surface area contributed by atoms with Crippen LogP contribution in [0.4, 0.5) is 4.39 Å². The Morgan fingerprint density at radius 1 is 1.41 bits per heavy atom. The molecule has 2 aromatic rings. The SMILES string of the molecule is CCNC(c1ccsc1)c1ccc(F)cc1Cl. The van der Waals surface area contributed by atoms with E-state index < -0.39 is 0 Å². The summed E-state index contributed by atoms with van der Waals surface area (Å²) >= 11 is 7.74. The first-order valence-electron chi connectivity index (χ1n) is 5.42. The van der Waals surface area contributed by atoms with Crippen LogP contribution in [0.3, 0.4) is 0 Å². The van der Waals surface area contributed by atoms with Gasteiger partial charge in [-0.15, -0.1) is 0 Å². The summed E-state index contributed by atoms with van der Waals surface area (Å²) in [7, 11) is 0. The van der Waals surface area contributed by atoms with Crippen molar-refractivity contribution < 1.29 is 4.39 Å². The maximum atomic E-state index is 13.0. The summed E-state index contributed by atoms with van der Waals surface area (Å²) in [6, 6.07) is 6.62. The van der Waals surface area contributed by atoms with Crippen molar-refractivity contribution in [3.63, 3.8) is 0 Å². The average molecular weight is 270 g/mol. The van der Waals surface area contributed by atoms with Gasteiger partial charge < -0.3 is 5.32 Å². The molecular formula is C13H13ClFNS. The lowest BCUT2D eigenvalue weighted by molar-refractivity contribution is 0.614. The summed E-state index contributed by atoms with van der Waals surface area (Å²) in [5, 5.41) is 7.92. The topological polar surface area (TPSA) is 12.0 Å². The van der Waals surface area contributed by atoms with Crippen molar-refractivity contribution in [2.24, 2.45) is 0 Å². The summed E-state index contributed by atoms with van der Waals surface area (Å²) < 4.78 is 13.0. The first-order chi connectivity index (χ1) is 8.22. The first kappa shape index (κ1) is 12.6. The molecular weight excluding hydrogens is 257 g/mol. The minimum atomic E-state index is -0.306. The van der Waals surface area contributed by atoms with Crippen LogP contribution in [0.5, 0.6) is 0 Å². The van der Waals surface area contributed by atoms with Gasteiger partial charge in [0.1, 0.15) is 5.82 Å². The summed E-state index contributed by atoms with van der Waals surface area (Å²) in [6.07, 6.45) is 0. The number of hydrogen-bond acceptors (Lipinski definition) is 2. The lowest BCUT2D eigenvalue weighted by Crippen LogP contribution is -2.21. The van der Waals surface area contributed by atoms with Gasteiger partial charge in [0.15, 0.2) is 0 Å². The third-order valence-electron chi connectivity index (χ3n) is 2.56. The molecule has 1 unspecified atom stereocenters. The van der Waals surface area contributed by atoms with E-state index in [-0.39, 0.29) is 11.9 Å². The largest absolute Gasteiger partial charge is 0.306 e. The number of hydrogen-bond donors (Lipinski definition) is 1. The molecule has 0 saturated carbocycles. The molecule has 0 fully saturated rings. The van der Waals surface area contributed by atoms with Crippen LogP contribution in [-0.4, -0.2) is 6.54 Å². The highest BCUT2D eigenvalue weighted by molar-refractivity contribution is 7.08. The second-order valence-corrected chi connectivity index (χ2v) is 4.90. The van der Waals surface area contributed by atoms with Crippen LogP contribution in [-0.2, 0) is 0 Å². The van der Waals surface area contributed by atoms with E-state index in [0.29, 0.717) is 5.02 Å². The maximum Gasteiger partial charge on any atom is 0.124 e. The third-order valence-corrected chi connectivity index (χ3v) is 3.59. The van der Waals surface area contributed by atoms with Crippen LogP contribution in [0.2, 0.25) is 5.02 Å². The predicted molar refractivity (Wildman–Crippen MR) is 71.2 cm³/mol. The van der Waals surface area contributed by atoms with Crippen LogP contribution in [0.15, 0.2) is 35.0 Å². The van der Waals surface area contributed by atoms with Gasteiger partial charge in [0, 0.05) is 5.02 Å². The Morgan fingerprint density at radius 2 is 2.24 bits per heavy atom. The number of nitrogens with one attached hydrogen (secondary N) is 1. The van der Waals surface area contributed by atoms with Crippen molar-refractivity contribution in [2.75, 3.05) is 6.54 Å². The summed E-state index contributed by atoms with van der Waals surface area (Å²) in [6.45, 7) is 2.87. The highest BCUT2D eigenvalue weighted by atomic mass is 35.5. The van der Waals surface area contributed by atoms with E-state index in [1.807, 2.05) is 12.3 Å². The van der Waals surface area contributed by atoms with E-state index in [0.717, 1.165) is 17.7 Å². The normalized spacial score (nSPS) is 12.6. The molecule has 1 aromatic carbocycles. The Morgan fingerprint density at radius 3 is 2.82 bits per heavy atom. The zero-order valence-corrected chi connectivity index (χ0v) is 11.0. The van der Waals surface area contributed by atoms with Gasteiger partial charge in [-0.2, -0.15) is 11.3 Å². The second-order valence-electron chi connectivity index (χ2n) is 3.71. The monoisotopic (exact) mass is 269 g/mol. The van der Waals surface area contributed by atoms with Crippen molar-refractivity contribution >= 4 is 22.9 Å². The van der Waals surface area contributed by atoms with Gasteiger partial charge in [-0.1, -0.05) is 24.6 Å². The van der Waals surface area contributed by atoms with Crippen molar-refractivity contribution in [2.45, 2.75) is 13.0 Å². The third kappa shape index (κ3) is 2.86. The first-order valence-corrected chi connectivity index (χ1v) is 6.75. The van der Waals surface area contributed by atoms with Crippen molar-refractivity contribution in [1.29, 1.82) is 0 Å². The molecule has 4 heteroatoms. The van der Waals surface area contributed by atoms with Crippen LogP contribution < -0.4 is 5.32 Å². The van der Waals surface area contributed by atoms with Gasteiger partial charge in [-0.05, 0) is 46.6 Å². The molecule has 0 radical (unpaired) electrons. The van der Waals surface area contributed by atoms with Gasteiger partial charge in [0.05, 0.1) is 6.04 Å². The average Bonchev–Trinajstić information content (AvgIpc) is 2.80. The summed E-state index contributed by atoms with van der Waals surface area (Å²) in [5.41, 5.74) is 2.07. The van der Waals surface area contributed by atoms with Crippen LogP contribution >= 0.6 is 22.9 Å². The molecule has 17 heavy (non-hydrogen) atoms. The van der Waals surface area contributed by atoms with E-state index >= 15 is 0 Å². The Hall–Kier alpha value is -0.900. The molecule has 90 valence electrons. The molecule has 0 aliphatic rings. The minimum Gasteiger partial charge on any atom is -0.306 e. The molecule has 1 atom stereocenters. The molecule has 0 aliphatic heterocycles. The Balaban J connectivity index is 2.39. The lowest BCUT2D eigenvalue weighted by atomic mass is 10.0. The molecule has 1 aromatic heterocycles. The van der Waals surface area contributed by atoms with Gasteiger partial charge in [0.25, 0.3) is 0 Å². The maximum absolute atomic E-state index is 13.0. The van der Waals surface area contributed by atoms with Gasteiger partial charge in [0.2, 0.25) is 0 Å². The van der Waals surface area contributed by atoms with E-state index in [9.17, 15) is 4.39 Å². The van der Waals surface area contributed by atoms with Crippen molar-refractivity contribution in [3.8, 4) is 0 Å². The van der Waals surface area contributed by atoms with E-state index in [1.54, 1.807) is 17.4 Å². The van der Waals surface area contributed by atoms with E-state index in [1.165, 1.54) is 12.1 Å². The number of thiophene rings is 1. The van der Waals surface area contributed by atoms with Crippen molar-refractivity contribution in [3.05, 3.63) is 57.0 Å². The standard InChI is InChI=1S/C13H13ClFNS/c1-2-16-13(9-5-6-17-8-9)11-4-3-10(15)7-12(11)14/h3-8,13,16H,2H2,1H3. The zero-order valence-electron chi connectivity index (χ0n) is 9.41. The highest BCUT2D eigenvalue weighted by Gasteiger charge is 2.16. The summed E-state index contributed by atoms with van der Waals surface area (Å²) in [4.78, 5) is 0. The van der Waals surface area contributed by atoms with Crippen molar-refractivity contribution in [1.82, 2.24) is 5.32 Å². The molecule has 1 nitrogen and oxygen atoms in total. The molecule has 0 spiro atoms. The van der Waals surface area contributed by atoms with E-state index in [4.69, 9.17) is 11.6 Å². The number of benzene rings is 1. The predicted octanol–water partition coefficient (Wildman–Crippen LogP) is 4.24. The van der Waals surface area contributed by atoms with Crippen LogP contribution in [0.1, 0.15) is 24.1 Å². The number of rotatable bonds is 4. The second kappa shape index (κ2) is 5.63. The van der Waals surface area contributed by atoms with Gasteiger partial charge >= 0.3 is 0 Å². The smallest absolute Gasteiger partial charge is 0.124 e. The van der Waals surface area contributed by atoms with Crippen LogP contribution in [0.25, 0.3) is 0 Å². The quantitative estimate of drug-likeness (QED) is 0.875. The van der Waals surface area contributed by atoms with Crippen LogP contribution in [0, 0.1) is 5.82 Å². The zero-order chi connectivity index (χ0) is 12.3.